The highest BCUT2D eigenvalue weighted by molar-refractivity contribution is 14.0. The van der Waals surface area contributed by atoms with Gasteiger partial charge in [0.25, 0.3) is 0 Å². The lowest BCUT2D eigenvalue weighted by molar-refractivity contribution is -0.0705. The van der Waals surface area contributed by atoms with E-state index in [1.165, 1.54) is 11.1 Å². The van der Waals surface area contributed by atoms with Crippen molar-refractivity contribution in [3.05, 3.63) is 35.4 Å². The van der Waals surface area contributed by atoms with Gasteiger partial charge in [0.15, 0.2) is 5.96 Å². The molecular formula is C19H31IN4O2. The van der Waals surface area contributed by atoms with E-state index >= 15 is 0 Å². The zero-order valence-corrected chi connectivity index (χ0v) is 18.1. The molecule has 2 atom stereocenters. The van der Waals surface area contributed by atoms with Crippen LogP contribution in [0.3, 0.4) is 0 Å². The van der Waals surface area contributed by atoms with Crippen LogP contribution >= 0.6 is 24.0 Å². The minimum atomic E-state index is 0. The van der Waals surface area contributed by atoms with Crippen molar-refractivity contribution in [3.8, 4) is 0 Å². The molecule has 1 aromatic carbocycles. The van der Waals surface area contributed by atoms with Crippen molar-refractivity contribution in [2.45, 2.75) is 39.1 Å². The third kappa shape index (κ3) is 6.07. The molecule has 1 aromatic rings. The van der Waals surface area contributed by atoms with E-state index in [2.05, 4.69) is 52.9 Å². The summed E-state index contributed by atoms with van der Waals surface area (Å²) in [6.45, 7) is 10.9. The van der Waals surface area contributed by atoms with Crippen LogP contribution in [0.25, 0.3) is 0 Å². The Balaban J connectivity index is 0.00000243. The van der Waals surface area contributed by atoms with E-state index < -0.39 is 0 Å². The van der Waals surface area contributed by atoms with Crippen molar-refractivity contribution in [3.63, 3.8) is 0 Å². The average Bonchev–Trinajstić information content (AvgIpc) is 2.60. The summed E-state index contributed by atoms with van der Waals surface area (Å²) in [6, 6.07) is 8.52. The highest BCUT2D eigenvalue weighted by atomic mass is 127. The summed E-state index contributed by atoms with van der Waals surface area (Å²) in [7, 11) is 0. The Morgan fingerprint density at radius 1 is 1.12 bits per heavy atom. The molecule has 0 bridgehead atoms. The molecule has 0 saturated carbocycles. The van der Waals surface area contributed by atoms with Crippen LogP contribution in [-0.4, -0.2) is 67.4 Å². The van der Waals surface area contributed by atoms with E-state index in [0.29, 0.717) is 12.5 Å². The fourth-order valence-corrected chi connectivity index (χ4v) is 3.58. The topological polar surface area (TPSA) is 63.3 Å². The smallest absolute Gasteiger partial charge is 0.191 e. The number of nitrogens with zero attached hydrogens (tertiary/aromatic N) is 3. The van der Waals surface area contributed by atoms with Gasteiger partial charge >= 0.3 is 0 Å². The number of benzene rings is 1. The number of aliphatic imine (C=N–C) groups is 1. The number of hydrogen-bond acceptors (Lipinski definition) is 4. The van der Waals surface area contributed by atoms with Crippen LogP contribution in [-0.2, 0) is 22.6 Å². The van der Waals surface area contributed by atoms with Gasteiger partial charge in [-0.3, -0.25) is 4.90 Å². The molecule has 0 aromatic heterocycles. The van der Waals surface area contributed by atoms with Gasteiger partial charge in [0, 0.05) is 32.7 Å². The van der Waals surface area contributed by atoms with Crippen molar-refractivity contribution in [1.29, 1.82) is 0 Å². The lowest BCUT2D eigenvalue weighted by atomic mass is 10.1. The predicted octanol–water partition coefficient (Wildman–Crippen LogP) is 2.06. The van der Waals surface area contributed by atoms with Gasteiger partial charge in [0.2, 0.25) is 0 Å². The Morgan fingerprint density at radius 2 is 1.73 bits per heavy atom. The van der Waals surface area contributed by atoms with Gasteiger partial charge in [-0.15, -0.1) is 24.0 Å². The van der Waals surface area contributed by atoms with E-state index in [4.69, 9.17) is 15.2 Å². The minimum absolute atomic E-state index is 0. The van der Waals surface area contributed by atoms with Crippen molar-refractivity contribution in [1.82, 2.24) is 9.80 Å². The van der Waals surface area contributed by atoms with Gasteiger partial charge < -0.3 is 20.1 Å². The number of hydrogen-bond donors (Lipinski definition) is 1. The van der Waals surface area contributed by atoms with E-state index in [1.54, 1.807) is 0 Å². The molecule has 0 spiro atoms. The zero-order chi connectivity index (χ0) is 17.6. The third-order valence-corrected chi connectivity index (χ3v) is 4.75. The number of halogens is 1. The first-order valence-corrected chi connectivity index (χ1v) is 9.19. The molecule has 6 nitrogen and oxygen atoms in total. The number of guanidine groups is 1. The molecule has 0 aliphatic carbocycles. The highest BCUT2D eigenvalue weighted by Crippen LogP contribution is 2.17. The molecule has 2 heterocycles. The third-order valence-electron chi connectivity index (χ3n) is 4.75. The van der Waals surface area contributed by atoms with Gasteiger partial charge in [0.05, 0.1) is 32.0 Å². The normalized spacial score (nSPS) is 25.0. The quantitative estimate of drug-likeness (QED) is 0.411. The number of morpholine rings is 2. The maximum atomic E-state index is 6.16. The molecule has 2 aliphatic heterocycles. The first kappa shape index (κ1) is 21.4. The first-order chi connectivity index (χ1) is 12.1. The number of ether oxygens (including phenoxy) is 2. The molecule has 7 heteroatoms. The van der Waals surface area contributed by atoms with Crippen LogP contribution in [0.4, 0.5) is 0 Å². The second kappa shape index (κ2) is 10.4. The number of nitrogens with two attached hydrogens (primary N) is 1. The van der Waals surface area contributed by atoms with Gasteiger partial charge in [-0.05, 0) is 25.0 Å². The molecule has 2 N–H and O–H groups in total. The molecule has 3 rings (SSSR count). The van der Waals surface area contributed by atoms with Crippen molar-refractivity contribution in [2.75, 3.05) is 39.4 Å². The first-order valence-electron chi connectivity index (χ1n) is 9.19. The second-order valence-corrected chi connectivity index (χ2v) is 6.99. The van der Waals surface area contributed by atoms with Crippen molar-refractivity contribution >= 4 is 29.9 Å². The molecule has 2 unspecified atom stereocenters. The average molecular weight is 474 g/mol. The van der Waals surface area contributed by atoms with Gasteiger partial charge in [-0.2, -0.15) is 0 Å². The summed E-state index contributed by atoms with van der Waals surface area (Å²) < 4.78 is 11.2. The van der Waals surface area contributed by atoms with E-state index in [9.17, 15) is 0 Å². The van der Waals surface area contributed by atoms with Crippen LogP contribution in [0, 0.1) is 0 Å². The van der Waals surface area contributed by atoms with Crippen LogP contribution in [0.2, 0.25) is 0 Å². The summed E-state index contributed by atoms with van der Waals surface area (Å²) in [5, 5.41) is 0. The Hall–Kier alpha value is -0.900. The maximum Gasteiger partial charge on any atom is 0.191 e. The molecule has 2 aliphatic rings. The molecule has 0 radical (unpaired) electrons. The molecule has 0 amide bonds. The molecule has 26 heavy (non-hydrogen) atoms. The van der Waals surface area contributed by atoms with E-state index in [0.717, 1.165) is 45.9 Å². The summed E-state index contributed by atoms with van der Waals surface area (Å²) in [5.74, 6) is 0.617. The Kier molecular flexibility index (Phi) is 8.59. The Bertz CT molecular complexity index is 583. The summed E-state index contributed by atoms with van der Waals surface area (Å²) in [4.78, 5) is 9.18. The van der Waals surface area contributed by atoms with Crippen LogP contribution < -0.4 is 5.73 Å². The SMILES string of the molecule is CC1CN(Cc2ccccc2CN=C(N)N2CCOCC2)CC(C)O1.I. The largest absolute Gasteiger partial charge is 0.378 e. The van der Waals surface area contributed by atoms with Crippen molar-refractivity contribution in [2.24, 2.45) is 10.7 Å². The fourth-order valence-electron chi connectivity index (χ4n) is 3.58. The van der Waals surface area contributed by atoms with Gasteiger partial charge in [-0.1, -0.05) is 24.3 Å². The highest BCUT2D eigenvalue weighted by Gasteiger charge is 2.22. The maximum absolute atomic E-state index is 6.16. The standard InChI is InChI=1S/C19H30N4O2.HI/c1-15-12-22(13-16(2)25-15)14-18-6-4-3-5-17(18)11-21-19(20)23-7-9-24-10-8-23;/h3-6,15-16H,7-14H2,1-2H3,(H2,20,21);1H. The summed E-state index contributed by atoms with van der Waals surface area (Å²) >= 11 is 0. The molecular weight excluding hydrogens is 443 g/mol. The van der Waals surface area contributed by atoms with Gasteiger partial charge in [-0.25, -0.2) is 4.99 Å². The Labute approximate surface area is 173 Å². The lowest BCUT2D eigenvalue weighted by Gasteiger charge is -2.35. The predicted molar refractivity (Wildman–Crippen MR) is 115 cm³/mol. The minimum Gasteiger partial charge on any atom is -0.378 e. The number of rotatable bonds is 4. The molecule has 2 fully saturated rings. The van der Waals surface area contributed by atoms with Crippen LogP contribution in [0.15, 0.2) is 29.3 Å². The molecule has 2 saturated heterocycles. The van der Waals surface area contributed by atoms with Crippen LogP contribution in [0.1, 0.15) is 25.0 Å². The summed E-state index contributed by atoms with van der Waals surface area (Å²) in [6.07, 6.45) is 0.566. The summed E-state index contributed by atoms with van der Waals surface area (Å²) in [5.41, 5.74) is 8.72. The lowest BCUT2D eigenvalue weighted by Crippen LogP contribution is -2.45. The second-order valence-electron chi connectivity index (χ2n) is 6.99. The van der Waals surface area contributed by atoms with E-state index in [1.807, 2.05) is 0 Å². The van der Waals surface area contributed by atoms with E-state index in [-0.39, 0.29) is 36.2 Å². The van der Waals surface area contributed by atoms with Crippen molar-refractivity contribution < 1.29 is 9.47 Å². The monoisotopic (exact) mass is 474 g/mol. The zero-order valence-electron chi connectivity index (χ0n) is 15.8. The van der Waals surface area contributed by atoms with Crippen LogP contribution in [0.5, 0.6) is 0 Å². The molecule has 146 valence electrons. The van der Waals surface area contributed by atoms with Gasteiger partial charge in [0.1, 0.15) is 0 Å². The fraction of sp³-hybridized carbons (Fsp3) is 0.632. The Morgan fingerprint density at radius 3 is 2.38 bits per heavy atom.